The molecule has 0 saturated carbocycles. The predicted molar refractivity (Wildman–Crippen MR) is 117 cm³/mol. The molecule has 0 bridgehead atoms. The van der Waals surface area contributed by atoms with Crippen molar-refractivity contribution < 1.29 is 0 Å². The molecule has 0 heteroatoms. The summed E-state index contributed by atoms with van der Waals surface area (Å²) in [6.45, 7) is 4.19. The molecule has 0 unspecified atom stereocenters. The first kappa shape index (κ1) is 17.9. The van der Waals surface area contributed by atoms with E-state index in [0.717, 1.165) is 35.1 Å². The Labute approximate surface area is 167 Å². The third kappa shape index (κ3) is 4.25. The molecule has 0 N–H and O–H groups in total. The molecule has 0 nitrogen and oxygen atoms in total. The van der Waals surface area contributed by atoms with Crippen LogP contribution in [0.5, 0.6) is 0 Å². The van der Waals surface area contributed by atoms with Crippen molar-refractivity contribution in [1.82, 2.24) is 0 Å². The minimum absolute atomic E-state index is 0.854. The lowest BCUT2D eigenvalue weighted by atomic mass is 9.86. The normalized spacial score (nSPS) is 12.4. The summed E-state index contributed by atoms with van der Waals surface area (Å²) in [5, 5.41) is 0. The van der Waals surface area contributed by atoms with Crippen LogP contribution in [0.25, 0.3) is 0 Å². The van der Waals surface area contributed by atoms with Crippen molar-refractivity contribution in [2.75, 3.05) is 0 Å². The summed E-state index contributed by atoms with van der Waals surface area (Å²) in [6, 6.07) is 25.3. The van der Waals surface area contributed by atoms with Crippen molar-refractivity contribution in [3.63, 3.8) is 0 Å². The molecule has 3 aromatic rings. The molecule has 1 aliphatic carbocycles. The van der Waals surface area contributed by atoms with Crippen LogP contribution in [0.2, 0.25) is 0 Å². The van der Waals surface area contributed by atoms with Gasteiger partial charge >= 0.3 is 0 Å². The van der Waals surface area contributed by atoms with Gasteiger partial charge in [0.15, 0.2) is 0 Å². The van der Waals surface area contributed by atoms with Crippen LogP contribution in [-0.2, 0) is 12.8 Å². The summed E-state index contributed by atoms with van der Waals surface area (Å²) in [5.74, 6) is 13.5. The van der Waals surface area contributed by atoms with Gasteiger partial charge in [-0.2, -0.15) is 0 Å². The van der Waals surface area contributed by atoms with Crippen LogP contribution >= 0.6 is 0 Å². The van der Waals surface area contributed by atoms with Gasteiger partial charge in [0.1, 0.15) is 0 Å². The predicted octanol–water partition coefficient (Wildman–Crippen LogP) is 5.80. The standard InChI is InChI=1S/C28H22/c1-21-7-11-23(12-8-21)15-17-27-19-25-5-3-4-6-26(25)20-28(27)18-16-24-13-9-22(2)10-14-24/h3-14H,19-20H2,1-2H3. The van der Waals surface area contributed by atoms with Crippen LogP contribution < -0.4 is 0 Å². The van der Waals surface area contributed by atoms with Gasteiger partial charge in [0.05, 0.1) is 0 Å². The Morgan fingerprint density at radius 2 is 0.893 bits per heavy atom. The molecule has 0 heterocycles. The van der Waals surface area contributed by atoms with Gasteiger partial charge in [-0.05, 0) is 49.2 Å². The monoisotopic (exact) mass is 358 g/mol. The average molecular weight is 358 g/mol. The lowest BCUT2D eigenvalue weighted by Gasteiger charge is -2.17. The van der Waals surface area contributed by atoms with Crippen LogP contribution in [-0.4, -0.2) is 0 Å². The molecule has 0 radical (unpaired) electrons. The summed E-state index contributed by atoms with van der Waals surface area (Å²) in [4.78, 5) is 0. The summed E-state index contributed by atoms with van der Waals surface area (Å²) < 4.78 is 0. The number of hydrogen-bond acceptors (Lipinski definition) is 0. The van der Waals surface area contributed by atoms with E-state index in [4.69, 9.17) is 0 Å². The van der Waals surface area contributed by atoms with Gasteiger partial charge in [-0.1, -0.05) is 83.3 Å². The molecule has 0 fully saturated rings. The lowest BCUT2D eigenvalue weighted by molar-refractivity contribution is 1.02. The topological polar surface area (TPSA) is 0 Å². The molecule has 28 heavy (non-hydrogen) atoms. The van der Waals surface area contributed by atoms with Crippen molar-refractivity contribution in [3.8, 4) is 23.7 Å². The number of benzene rings is 3. The van der Waals surface area contributed by atoms with Gasteiger partial charge in [-0.25, -0.2) is 0 Å². The molecule has 0 aliphatic heterocycles. The number of hydrogen-bond donors (Lipinski definition) is 0. The molecule has 0 saturated heterocycles. The van der Waals surface area contributed by atoms with E-state index in [1.807, 2.05) is 0 Å². The molecule has 0 spiro atoms. The van der Waals surface area contributed by atoms with Crippen LogP contribution in [0, 0.1) is 37.5 Å². The molecule has 3 aromatic carbocycles. The Balaban J connectivity index is 1.71. The minimum atomic E-state index is 0.854. The number of allylic oxidation sites excluding steroid dienone is 2. The van der Waals surface area contributed by atoms with Crippen LogP contribution in [0.15, 0.2) is 83.9 Å². The lowest BCUT2D eigenvalue weighted by Crippen LogP contribution is -2.07. The van der Waals surface area contributed by atoms with E-state index in [0.29, 0.717) is 0 Å². The number of rotatable bonds is 0. The summed E-state index contributed by atoms with van der Waals surface area (Å²) in [6.07, 6.45) is 1.71. The Morgan fingerprint density at radius 3 is 1.29 bits per heavy atom. The fraction of sp³-hybridized carbons (Fsp3) is 0.143. The van der Waals surface area contributed by atoms with Crippen LogP contribution in [0.3, 0.4) is 0 Å². The van der Waals surface area contributed by atoms with Crippen molar-refractivity contribution in [2.45, 2.75) is 26.7 Å². The van der Waals surface area contributed by atoms with Gasteiger partial charge in [-0.15, -0.1) is 0 Å². The highest BCUT2D eigenvalue weighted by Gasteiger charge is 2.15. The Hall–Kier alpha value is -3.48. The van der Waals surface area contributed by atoms with E-state index in [1.165, 1.54) is 22.3 Å². The van der Waals surface area contributed by atoms with E-state index in [1.54, 1.807) is 0 Å². The molecular formula is C28H22. The second kappa shape index (κ2) is 8.04. The third-order valence-electron chi connectivity index (χ3n) is 5.04. The van der Waals surface area contributed by atoms with E-state index in [9.17, 15) is 0 Å². The van der Waals surface area contributed by atoms with Crippen molar-refractivity contribution in [2.24, 2.45) is 0 Å². The van der Waals surface area contributed by atoms with Gasteiger partial charge in [0.2, 0.25) is 0 Å². The smallest absolute Gasteiger partial charge is 0.0249 e. The van der Waals surface area contributed by atoms with E-state index >= 15 is 0 Å². The number of aryl methyl sites for hydroxylation is 2. The van der Waals surface area contributed by atoms with Crippen molar-refractivity contribution in [1.29, 1.82) is 0 Å². The second-order valence-electron chi connectivity index (χ2n) is 7.31. The van der Waals surface area contributed by atoms with Crippen molar-refractivity contribution >= 4 is 0 Å². The maximum atomic E-state index is 3.42. The first-order valence-electron chi connectivity index (χ1n) is 9.63. The SMILES string of the molecule is Cc1ccc(C#CC2=C(C#Cc3ccc(C)cc3)Cc3ccccc3C2)cc1. The largest absolute Gasteiger partial charge is 0.0648 e. The molecule has 134 valence electrons. The minimum Gasteiger partial charge on any atom is -0.0648 e. The molecule has 0 amide bonds. The quantitative estimate of drug-likeness (QED) is 0.445. The summed E-state index contributed by atoms with van der Waals surface area (Å²) >= 11 is 0. The molecule has 1 aliphatic rings. The van der Waals surface area contributed by atoms with Gasteiger partial charge in [0.25, 0.3) is 0 Å². The fourth-order valence-corrected chi connectivity index (χ4v) is 3.30. The zero-order valence-electron chi connectivity index (χ0n) is 16.3. The first-order chi connectivity index (χ1) is 13.7. The highest BCUT2D eigenvalue weighted by molar-refractivity contribution is 5.56. The van der Waals surface area contributed by atoms with E-state index < -0.39 is 0 Å². The van der Waals surface area contributed by atoms with Crippen LogP contribution in [0.1, 0.15) is 33.4 Å². The van der Waals surface area contributed by atoms with Gasteiger partial charge < -0.3 is 0 Å². The van der Waals surface area contributed by atoms with E-state index in [2.05, 4.69) is 110 Å². The zero-order valence-corrected chi connectivity index (χ0v) is 16.3. The zero-order chi connectivity index (χ0) is 19.3. The molecule has 4 rings (SSSR count). The molecule has 0 aromatic heterocycles. The van der Waals surface area contributed by atoms with Crippen LogP contribution in [0.4, 0.5) is 0 Å². The summed E-state index contributed by atoms with van der Waals surface area (Å²) in [5.41, 5.74) is 9.58. The van der Waals surface area contributed by atoms with Gasteiger partial charge in [0, 0.05) is 35.1 Å². The maximum Gasteiger partial charge on any atom is 0.0249 e. The molecule has 0 atom stereocenters. The number of fused-ring (bicyclic) bond motifs is 1. The third-order valence-corrected chi connectivity index (χ3v) is 5.04. The molecular weight excluding hydrogens is 336 g/mol. The van der Waals surface area contributed by atoms with E-state index in [-0.39, 0.29) is 0 Å². The highest BCUT2D eigenvalue weighted by atomic mass is 14.2. The van der Waals surface area contributed by atoms with Crippen molar-refractivity contribution in [3.05, 3.63) is 117 Å². The Bertz CT molecular complexity index is 1050. The first-order valence-corrected chi connectivity index (χ1v) is 9.63. The van der Waals surface area contributed by atoms with Gasteiger partial charge in [-0.3, -0.25) is 0 Å². The second-order valence-corrected chi connectivity index (χ2v) is 7.31. The Morgan fingerprint density at radius 1 is 0.500 bits per heavy atom. The maximum absolute atomic E-state index is 3.42. The average Bonchev–Trinajstić information content (AvgIpc) is 2.72. The Kier molecular flexibility index (Phi) is 5.14. The summed E-state index contributed by atoms with van der Waals surface area (Å²) in [7, 11) is 0. The highest BCUT2D eigenvalue weighted by Crippen LogP contribution is 2.25. The fourth-order valence-electron chi connectivity index (χ4n) is 3.30.